The van der Waals surface area contributed by atoms with Gasteiger partial charge in [-0.15, -0.1) is 0 Å². The smallest absolute Gasteiger partial charge is 0.161 e. The Bertz CT molecular complexity index is 1180. The lowest BCUT2D eigenvalue weighted by atomic mass is 10.0. The summed E-state index contributed by atoms with van der Waals surface area (Å²) in [7, 11) is 0. The summed E-state index contributed by atoms with van der Waals surface area (Å²) in [6.45, 7) is 8.35. The molecule has 0 N–H and O–H groups in total. The molecule has 164 valence electrons. The maximum absolute atomic E-state index is 5.77. The predicted octanol–water partition coefficient (Wildman–Crippen LogP) is 5.41. The summed E-state index contributed by atoms with van der Waals surface area (Å²) in [5.41, 5.74) is 5.34. The summed E-state index contributed by atoms with van der Waals surface area (Å²) >= 11 is 0. The lowest BCUT2D eigenvalue weighted by Gasteiger charge is -2.19. The van der Waals surface area contributed by atoms with E-state index in [0.29, 0.717) is 13.2 Å². The second-order valence-corrected chi connectivity index (χ2v) is 7.77. The van der Waals surface area contributed by atoms with Crippen LogP contribution in [0.5, 0.6) is 11.5 Å². The molecule has 6 nitrogen and oxygen atoms in total. The molecule has 32 heavy (non-hydrogen) atoms. The molecule has 1 aliphatic heterocycles. The van der Waals surface area contributed by atoms with Gasteiger partial charge in [-0.3, -0.25) is 4.90 Å². The van der Waals surface area contributed by atoms with Crippen molar-refractivity contribution < 1.29 is 13.9 Å². The molecule has 1 aliphatic rings. The van der Waals surface area contributed by atoms with Gasteiger partial charge in [-0.1, -0.05) is 32.0 Å². The molecule has 0 saturated carbocycles. The lowest BCUT2D eigenvalue weighted by molar-refractivity contribution is 0.171. The molecule has 0 amide bonds. The van der Waals surface area contributed by atoms with Crippen LogP contribution in [0.4, 0.5) is 0 Å². The zero-order chi connectivity index (χ0) is 21.9. The number of nitrogens with zero attached hydrogens (tertiary/aromatic N) is 3. The van der Waals surface area contributed by atoms with Crippen molar-refractivity contribution in [1.29, 1.82) is 0 Å². The van der Waals surface area contributed by atoms with Crippen molar-refractivity contribution in [3.8, 4) is 39.8 Å². The molecule has 2 aromatic heterocycles. The molecule has 4 aromatic rings. The third kappa shape index (κ3) is 3.89. The van der Waals surface area contributed by atoms with Crippen molar-refractivity contribution in [2.45, 2.75) is 20.4 Å². The number of hydrogen-bond donors (Lipinski definition) is 0. The summed E-state index contributed by atoms with van der Waals surface area (Å²) in [6.07, 6.45) is 3.66. The first kappa shape index (κ1) is 20.4. The van der Waals surface area contributed by atoms with Gasteiger partial charge >= 0.3 is 0 Å². The molecule has 0 saturated heterocycles. The molecule has 0 radical (unpaired) electrons. The normalized spacial score (nSPS) is 13.0. The van der Waals surface area contributed by atoms with E-state index in [1.807, 2.05) is 35.1 Å². The van der Waals surface area contributed by atoms with Crippen LogP contribution in [0.25, 0.3) is 28.3 Å². The summed E-state index contributed by atoms with van der Waals surface area (Å²) < 4.78 is 19.1. The molecule has 2 aromatic carbocycles. The van der Waals surface area contributed by atoms with Gasteiger partial charge in [0.05, 0.1) is 18.1 Å². The van der Waals surface area contributed by atoms with Crippen LogP contribution in [-0.4, -0.2) is 41.0 Å². The lowest BCUT2D eigenvalue weighted by Crippen LogP contribution is -2.22. The molecule has 0 unspecified atom stereocenters. The molecule has 6 heteroatoms. The van der Waals surface area contributed by atoms with Crippen molar-refractivity contribution in [2.75, 3.05) is 26.3 Å². The van der Waals surface area contributed by atoms with E-state index in [0.717, 1.165) is 65.0 Å². The molecule has 0 atom stereocenters. The van der Waals surface area contributed by atoms with Crippen molar-refractivity contribution in [2.24, 2.45) is 0 Å². The monoisotopic (exact) mass is 429 g/mol. The highest BCUT2D eigenvalue weighted by Crippen LogP contribution is 2.35. The van der Waals surface area contributed by atoms with E-state index < -0.39 is 0 Å². The average Bonchev–Trinajstić information content (AvgIpc) is 3.52. The van der Waals surface area contributed by atoms with Crippen LogP contribution in [0, 0.1) is 0 Å². The van der Waals surface area contributed by atoms with E-state index in [-0.39, 0.29) is 0 Å². The maximum atomic E-state index is 5.77. The van der Waals surface area contributed by atoms with Gasteiger partial charge < -0.3 is 13.9 Å². The van der Waals surface area contributed by atoms with Crippen LogP contribution in [-0.2, 0) is 6.54 Å². The molecule has 0 aliphatic carbocycles. The van der Waals surface area contributed by atoms with Gasteiger partial charge in [-0.25, -0.2) is 4.68 Å². The fourth-order valence-electron chi connectivity index (χ4n) is 4.08. The molecule has 0 bridgehead atoms. The van der Waals surface area contributed by atoms with Crippen molar-refractivity contribution in [1.82, 2.24) is 14.7 Å². The van der Waals surface area contributed by atoms with Crippen LogP contribution in [0.1, 0.15) is 19.4 Å². The first-order chi connectivity index (χ1) is 15.8. The third-order valence-corrected chi connectivity index (χ3v) is 5.88. The van der Waals surface area contributed by atoms with E-state index in [4.69, 9.17) is 19.0 Å². The highest BCUT2D eigenvalue weighted by molar-refractivity contribution is 5.69. The Morgan fingerprint density at radius 3 is 2.38 bits per heavy atom. The van der Waals surface area contributed by atoms with Gasteiger partial charge in [0.2, 0.25) is 0 Å². The van der Waals surface area contributed by atoms with Crippen molar-refractivity contribution in [3.63, 3.8) is 0 Å². The van der Waals surface area contributed by atoms with Crippen LogP contribution < -0.4 is 9.47 Å². The van der Waals surface area contributed by atoms with E-state index in [1.54, 1.807) is 6.26 Å². The third-order valence-electron chi connectivity index (χ3n) is 5.88. The van der Waals surface area contributed by atoms with Gasteiger partial charge in [0, 0.05) is 12.1 Å². The van der Waals surface area contributed by atoms with E-state index >= 15 is 0 Å². The Hall–Kier alpha value is -3.51. The minimum absolute atomic E-state index is 0.583. The number of aromatic nitrogens is 2. The molecular formula is C26H27N3O3. The second kappa shape index (κ2) is 8.93. The van der Waals surface area contributed by atoms with E-state index in [1.165, 1.54) is 0 Å². The number of rotatable bonds is 7. The second-order valence-electron chi connectivity index (χ2n) is 7.77. The van der Waals surface area contributed by atoms with Crippen LogP contribution >= 0.6 is 0 Å². The summed E-state index contributed by atoms with van der Waals surface area (Å²) in [4.78, 5) is 2.37. The first-order valence-electron chi connectivity index (χ1n) is 11.1. The summed E-state index contributed by atoms with van der Waals surface area (Å²) in [5, 5.41) is 4.72. The fraction of sp³-hybridized carbons (Fsp3) is 0.269. The van der Waals surface area contributed by atoms with Gasteiger partial charge in [-0.05, 0) is 60.6 Å². The highest BCUT2D eigenvalue weighted by atomic mass is 16.6. The van der Waals surface area contributed by atoms with Gasteiger partial charge in [0.15, 0.2) is 17.3 Å². The zero-order valence-electron chi connectivity index (χ0n) is 18.5. The Morgan fingerprint density at radius 2 is 1.66 bits per heavy atom. The van der Waals surface area contributed by atoms with Gasteiger partial charge in [-0.2, -0.15) is 5.10 Å². The topological polar surface area (TPSA) is 52.7 Å². The molecule has 3 heterocycles. The number of hydrogen-bond acceptors (Lipinski definition) is 5. The minimum atomic E-state index is 0.583. The van der Waals surface area contributed by atoms with Gasteiger partial charge in [0.1, 0.15) is 18.9 Å². The average molecular weight is 430 g/mol. The summed E-state index contributed by atoms with van der Waals surface area (Å²) in [5.74, 6) is 2.42. The molecule has 5 rings (SSSR count). The number of benzene rings is 2. The van der Waals surface area contributed by atoms with E-state index in [9.17, 15) is 0 Å². The number of ether oxygens (including phenoxy) is 2. The Kier molecular flexibility index (Phi) is 5.69. The highest BCUT2D eigenvalue weighted by Gasteiger charge is 2.18. The fourth-order valence-corrected chi connectivity index (χ4v) is 4.08. The molecule has 0 spiro atoms. The molecular weight excluding hydrogens is 402 g/mol. The quantitative estimate of drug-likeness (QED) is 0.393. The zero-order valence-corrected chi connectivity index (χ0v) is 18.5. The molecule has 0 fully saturated rings. The number of furan rings is 1. The van der Waals surface area contributed by atoms with E-state index in [2.05, 4.69) is 49.1 Å². The Balaban J connectivity index is 1.48. The summed E-state index contributed by atoms with van der Waals surface area (Å²) in [6, 6.07) is 18.4. The predicted molar refractivity (Wildman–Crippen MR) is 124 cm³/mol. The van der Waals surface area contributed by atoms with Crippen LogP contribution in [0.3, 0.4) is 0 Å². The number of fused-ring (bicyclic) bond motifs is 1. The maximum Gasteiger partial charge on any atom is 0.161 e. The SMILES string of the molecule is CCN(CC)Cc1cnn(-c2ccc(-c3ccc4c(c3)OCCO4)cc2)c1-c1ccco1. The van der Waals surface area contributed by atoms with Crippen LogP contribution in [0.15, 0.2) is 71.5 Å². The minimum Gasteiger partial charge on any atom is -0.486 e. The van der Waals surface area contributed by atoms with Crippen LogP contribution in [0.2, 0.25) is 0 Å². The Labute approximate surface area is 188 Å². The van der Waals surface area contributed by atoms with Gasteiger partial charge in [0.25, 0.3) is 0 Å². The van der Waals surface area contributed by atoms with Crippen molar-refractivity contribution >= 4 is 0 Å². The van der Waals surface area contributed by atoms with Crippen molar-refractivity contribution in [3.05, 3.63) is 72.6 Å². The first-order valence-corrected chi connectivity index (χ1v) is 11.1. The largest absolute Gasteiger partial charge is 0.486 e. The standard InChI is InChI=1S/C26H27N3O3/c1-3-28(4-2)18-21-17-27-29(26(21)24-6-5-13-30-24)22-10-7-19(8-11-22)20-9-12-23-25(16-20)32-15-14-31-23/h5-13,16-17H,3-4,14-15,18H2,1-2H3. The Morgan fingerprint density at radius 1 is 0.906 bits per heavy atom.